The summed E-state index contributed by atoms with van der Waals surface area (Å²) in [4.78, 5) is 22.9. The molecule has 0 amide bonds. The van der Waals surface area contributed by atoms with Crippen LogP contribution in [-0.2, 0) is 19.1 Å². The molecule has 0 aromatic carbocycles. The average molecular weight is 382 g/mol. The molecule has 0 spiro atoms. The third kappa shape index (κ3) is 11.0. The van der Waals surface area contributed by atoms with E-state index in [0.29, 0.717) is 13.2 Å². The van der Waals surface area contributed by atoms with E-state index >= 15 is 0 Å². The topological polar surface area (TPSA) is 52.6 Å². The van der Waals surface area contributed by atoms with Gasteiger partial charge in [-0.2, -0.15) is 0 Å². The molecule has 0 aromatic rings. The summed E-state index contributed by atoms with van der Waals surface area (Å²) in [5.41, 5.74) is 0. The molecule has 0 bridgehead atoms. The molecule has 0 N–H and O–H groups in total. The van der Waals surface area contributed by atoms with Gasteiger partial charge < -0.3 is 9.47 Å². The van der Waals surface area contributed by atoms with E-state index in [1.165, 1.54) is 6.08 Å². The molecule has 4 nitrogen and oxygen atoms in total. The Morgan fingerprint density at radius 1 is 0.947 bits per heavy atom. The number of esters is 2. The lowest BCUT2D eigenvalue weighted by Gasteiger charge is -2.04. The maximum Gasteiger partial charge on any atom is 0.344 e. The molecule has 0 fully saturated rings. The van der Waals surface area contributed by atoms with Crippen molar-refractivity contribution >= 4 is 34.5 Å². The minimum absolute atomic E-state index is 0.259. The maximum atomic E-state index is 11.5. The first-order chi connectivity index (χ1) is 9.11. The maximum absolute atomic E-state index is 11.5. The van der Waals surface area contributed by atoms with Crippen molar-refractivity contribution in [1.29, 1.82) is 0 Å². The highest BCUT2D eigenvalue weighted by Gasteiger charge is 2.10. The van der Waals surface area contributed by atoms with Gasteiger partial charge >= 0.3 is 11.9 Å². The summed E-state index contributed by atoms with van der Waals surface area (Å²) in [6, 6.07) is 0. The van der Waals surface area contributed by atoms with Gasteiger partial charge in [0, 0.05) is 6.08 Å². The van der Waals surface area contributed by atoms with Crippen molar-refractivity contribution in [3.8, 4) is 0 Å². The van der Waals surface area contributed by atoms with Crippen molar-refractivity contribution < 1.29 is 19.1 Å². The van der Waals surface area contributed by atoms with Crippen LogP contribution in [0.2, 0.25) is 0 Å². The first kappa shape index (κ1) is 18.4. The molecule has 0 saturated carbocycles. The molecule has 0 atom stereocenters. The molecular formula is C14H23IO4. The van der Waals surface area contributed by atoms with E-state index < -0.39 is 11.9 Å². The number of carbonyl (C=O) groups excluding carboxylic acids is 2. The summed E-state index contributed by atoms with van der Waals surface area (Å²) in [6.45, 7) is 4.97. The highest BCUT2D eigenvalue weighted by atomic mass is 127. The summed E-state index contributed by atoms with van der Waals surface area (Å²) in [7, 11) is 0. The van der Waals surface area contributed by atoms with Gasteiger partial charge in [-0.25, -0.2) is 9.59 Å². The number of ether oxygens (including phenoxy) is 2. The van der Waals surface area contributed by atoms with Crippen LogP contribution in [0.3, 0.4) is 0 Å². The van der Waals surface area contributed by atoms with Gasteiger partial charge in [0.2, 0.25) is 0 Å². The minimum Gasteiger partial charge on any atom is -0.463 e. The fraction of sp³-hybridized carbons (Fsp3) is 0.714. The zero-order valence-corrected chi connectivity index (χ0v) is 13.9. The quantitative estimate of drug-likeness (QED) is 0.250. The van der Waals surface area contributed by atoms with Gasteiger partial charge in [0.1, 0.15) is 3.58 Å². The third-order valence-electron chi connectivity index (χ3n) is 2.41. The average Bonchev–Trinajstić information content (AvgIpc) is 2.39. The Hall–Kier alpha value is -0.590. The Labute approximate surface area is 129 Å². The van der Waals surface area contributed by atoms with E-state index in [2.05, 4.69) is 13.8 Å². The lowest BCUT2D eigenvalue weighted by Crippen LogP contribution is -2.09. The van der Waals surface area contributed by atoms with E-state index in [0.717, 1.165) is 38.5 Å². The SMILES string of the molecule is CCCCCOC(=O)C=C(I)C(=O)OCCCCC. The molecule has 0 rings (SSSR count). The van der Waals surface area contributed by atoms with Gasteiger partial charge in [0.15, 0.2) is 0 Å². The molecule has 110 valence electrons. The number of hydrogen-bond acceptors (Lipinski definition) is 4. The van der Waals surface area contributed by atoms with E-state index in [4.69, 9.17) is 9.47 Å². The molecule has 0 aliphatic heterocycles. The van der Waals surface area contributed by atoms with Crippen molar-refractivity contribution in [1.82, 2.24) is 0 Å². The fourth-order valence-corrected chi connectivity index (χ4v) is 1.72. The fourth-order valence-electron chi connectivity index (χ4n) is 1.31. The second-order valence-electron chi connectivity index (χ2n) is 4.21. The number of rotatable bonds is 10. The first-order valence-corrected chi connectivity index (χ1v) is 7.90. The van der Waals surface area contributed by atoms with Crippen LogP contribution >= 0.6 is 22.6 Å². The second-order valence-corrected chi connectivity index (χ2v) is 5.37. The Kier molecular flexibility index (Phi) is 12.1. The zero-order chi connectivity index (χ0) is 14.5. The van der Waals surface area contributed by atoms with Crippen LogP contribution in [0.25, 0.3) is 0 Å². The monoisotopic (exact) mass is 382 g/mol. The number of carbonyl (C=O) groups is 2. The van der Waals surface area contributed by atoms with Crippen LogP contribution in [0.15, 0.2) is 9.66 Å². The van der Waals surface area contributed by atoms with E-state index in [1.807, 2.05) is 0 Å². The normalized spacial score (nSPS) is 11.2. The number of halogens is 1. The van der Waals surface area contributed by atoms with Crippen LogP contribution in [-0.4, -0.2) is 25.2 Å². The van der Waals surface area contributed by atoms with Crippen LogP contribution in [0.1, 0.15) is 52.4 Å². The molecule has 0 heterocycles. The van der Waals surface area contributed by atoms with Gasteiger partial charge in [-0.3, -0.25) is 0 Å². The van der Waals surface area contributed by atoms with Crippen LogP contribution in [0.5, 0.6) is 0 Å². The molecular weight excluding hydrogens is 359 g/mol. The molecule has 5 heteroatoms. The first-order valence-electron chi connectivity index (χ1n) is 6.82. The van der Waals surface area contributed by atoms with Crippen molar-refractivity contribution in [2.75, 3.05) is 13.2 Å². The number of unbranched alkanes of at least 4 members (excludes halogenated alkanes) is 4. The van der Waals surface area contributed by atoms with E-state index in [9.17, 15) is 9.59 Å². The minimum atomic E-state index is -0.481. The molecule has 0 aliphatic rings. The molecule has 19 heavy (non-hydrogen) atoms. The molecule has 0 radical (unpaired) electrons. The van der Waals surface area contributed by atoms with Crippen molar-refractivity contribution in [2.24, 2.45) is 0 Å². The smallest absolute Gasteiger partial charge is 0.344 e. The highest BCUT2D eigenvalue weighted by molar-refractivity contribution is 14.1. The van der Waals surface area contributed by atoms with E-state index in [1.54, 1.807) is 22.6 Å². The lowest BCUT2D eigenvalue weighted by molar-refractivity contribution is -0.140. The van der Waals surface area contributed by atoms with Gasteiger partial charge in [0.25, 0.3) is 0 Å². The Morgan fingerprint density at radius 3 is 2.00 bits per heavy atom. The standard InChI is InChI=1S/C14H23IO4/c1-3-5-7-9-18-13(16)11-12(15)14(17)19-10-8-6-4-2/h11H,3-10H2,1-2H3. The van der Waals surface area contributed by atoms with Crippen molar-refractivity contribution in [3.05, 3.63) is 9.66 Å². The van der Waals surface area contributed by atoms with Gasteiger partial charge in [-0.15, -0.1) is 0 Å². The molecule has 0 aliphatic carbocycles. The number of hydrogen-bond donors (Lipinski definition) is 0. The summed E-state index contributed by atoms with van der Waals surface area (Å²) >= 11 is 1.80. The second kappa shape index (κ2) is 12.4. The lowest BCUT2D eigenvalue weighted by atomic mass is 10.3. The largest absolute Gasteiger partial charge is 0.463 e. The summed E-state index contributed by atoms with van der Waals surface area (Å²) < 4.78 is 10.3. The van der Waals surface area contributed by atoms with Crippen molar-refractivity contribution in [2.45, 2.75) is 52.4 Å². The van der Waals surface area contributed by atoms with Gasteiger partial charge in [-0.1, -0.05) is 39.5 Å². The predicted octanol–water partition coefficient (Wildman–Crippen LogP) is 3.77. The van der Waals surface area contributed by atoms with Crippen LogP contribution in [0, 0.1) is 0 Å². The van der Waals surface area contributed by atoms with Gasteiger partial charge in [-0.05, 0) is 35.4 Å². The molecule has 0 saturated heterocycles. The Morgan fingerprint density at radius 2 is 1.47 bits per heavy atom. The van der Waals surface area contributed by atoms with Crippen LogP contribution in [0.4, 0.5) is 0 Å². The Balaban J connectivity index is 3.88. The summed E-state index contributed by atoms with van der Waals surface area (Å²) in [5, 5.41) is 0. The third-order valence-corrected chi connectivity index (χ3v) is 3.16. The van der Waals surface area contributed by atoms with E-state index in [-0.39, 0.29) is 3.58 Å². The zero-order valence-electron chi connectivity index (χ0n) is 11.7. The summed E-state index contributed by atoms with van der Waals surface area (Å²) in [6.07, 6.45) is 7.13. The summed E-state index contributed by atoms with van der Waals surface area (Å²) in [5.74, 6) is -0.937. The molecule has 0 aromatic heterocycles. The highest BCUT2D eigenvalue weighted by Crippen LogP contribution is 2.09. The predicted molar refractivity (Wildman–Crippen MR) is 83.1 cm³/mol. The van der Waals surface area contributed by atoms with Crippen LogP contribution < -0.4 is 0 Å². The Bertz CT molecular complexity index is 300. The van der Waals surface area contributed by atoms with Crippen molar-refractivity contribution in [3.63, 3.8) is 0 Å². The van der Waals surface area contributed by atoms with Gasteiger partial charge in [0.05, 0.1) is 13.2 Å². The molecule has 0 unspecified atom stereocenters.